The van der Waals surface area contributed by atoms with E-state index in [0.717, 1.165) is 17.7 Å². The Bertz CT molecular complexity index is 626. The van der Waals surface area contributed by atoms with Gasteiger partial charge in [-0.15, -0.1) is 0 Å². The Morgan fingerprint density at radius 1 is 1.35 bits per heavy atom. The maximum atomic E-state index is 11.6. The topological polar surface area (TPSA) is 77.2 Å². The summed E-state index contributed by atoms with van der Waals surface area (Å²) < 4.78 is 4.69. The van der Waals surface area contributed by atoms with Gasteiger partial charge in [0, 0.05) is 11.9 Å². The van der Waals surface area contributed by atoms with Crippen molar-refractivity contribution in [3.63, 3.8) is 0 Å². The molecule has 2 aromatic rings. The smallest absolute Gasteiger partial charge is 0.340 e. The van der Waals surface area contributed by atoms with Gasteiger partial charge in [0.05, 0.1) is 18.4 Å². The molecule has 104 valence electrons. The van der Waals surface area contributed by atoms with Gasteiger partial charge < -0.3 is 15.8 Å². The van der Waals surface area contributed by atoms with Crippen molar-refractivity contribution in [2.45, 2.75) is 13.3 Å². The Balaban J connectivity index is 2.37. The normalized spacial score (nSPS) is 10.1. The average molecular weight is 271 g/mol. The molecule has 0 unspecified atom stereocenters. The summed E-state index contributed by atoms with van der Waals surface area (Å²) in [5, 5.41) is 3.17. The number of pyridine rings is 1. The van der Waals surface area contributed by atoms with Crippen LogP contribution in [0.1, 0.15) is 22.8 Å². The van der Waals surface area contributed by atoms with Gasteiger partial charge in [-0.25, -0.2) is 9.78 Å². The zero-order valence-corrected chi connectivity index (χ0v) is 11.5. The second-order valence-corrected chi connectivity index (χ2v) is 4.25. The van der Waals surface area contributed by atoms with Gasteiger partial charge in [-0.2, -0.15) is 0 Å². The molecule has 0 bridgehead atoms. The molecule has 2 rings (SSSR count). The van der Waals surface area contributed by atoms with E-state index in [-0.39, 0.29) is 5.69 Å². The van der Waals surface area contributed by atoms with E-state index in [1.807, 2.05) is 24.3 Å². The van der Waals surface area contributed by atoms with Crippen LogP contribution < -0.4 is 11.1 Å². The number of hydrogen-bond donors (Lipinski definition) is 2. The molecule has 5 heteroatoms. The summed E-state index contributed by atoms with van der Waals surface area (Å²) in [5.74, 6) is -0.0227. The van der Waals surface area contributed by atoms with Crippen molar-refractivity contribution in [3.8, 4) is 0 Å². The molecule has 3 N–H and O–H groups in total. The molecule has 5 nitrogen and oxygen atoms in total. The van der Waals surface area contributed by atoms with Crippen LogP contribution in [0.5, 0.6) is 0 Å². The molecule has 20 heavy (non-hydrogen) atoms. The average Bonchev–Trinajstić information content (AvgIpc) is 2.49. The third kappa shape index (κ3) is 2.71. The van der Waals surface area contributed by atoms with E-state index in [4.69, 9.17) is 10.5 Å². The standard InChI is InChI=1S/C15H17N3O2/c1-3-10-6-4-5-7-12(10)18-14-13(16)11(8-9-17-14)15(19)20-2/h4-9H,3,16H2,1-2H3,(H,17,18). The van der Waals surface area contributed by atoms with Crippen molar-refractivity contribution in [2.24, 2.45) is 0 Å². The Hall–Kier alpha value is -2.56. The molecule has 0 aliphatic rings. The van der Waals surface area contributed by atoms with Crippen LogP contribution in [0.2, 0.25) is 0 Å². The molecule has 0 aliphatic heterocycles. The van der Waals surface area contributed by atoms with Crippen LogP contribution in [0, 0.1) is 0 Å². The van der Waals surface area contributed by atoms with E-state index >= 15 is 0 Å². The van der Waals surface area contributed by atoms with Crippen molar-refractivity contribution >= 4 is 23.2 Å². The molecule has 1 aromatic carbocycles. The highest BCUT2D eigenvalue weighted by atomic mass is 16.5. The van der Waals surface area contributed by atoms with Crippen LogP contribution in [0.15, 0.2) is 36.5 Å². The first-order chi connectivity index (χ1) is 9.67. The number of nitrogen functional groups attached to an aromatic ring is 1. The van der Waals surface area contributed by atoms with Gasteiger partial charge in [-0.3, -0.25) is 0 Å². The van der Waals surface area contributed by atoms with Gasteiger partial charge >= 0.3 is 5.97 Å². The molecule has 0 radical (unpaired) electrons. The monoisotopic (exact) mass is 271 g/mol. The zero-order valence-electron chi connectivity index (χ0n) is 11.5. The summed E-state index contributed by atoms with van der Waals surface area (Å²) in [6, 6.07) is 9.43. The summed E-state index contributed by atoms with van der Waals surface area (Å²) in [4.78, 5) is 15.8. The number of hydrogen-bond acceptors (Lipinski definition) is 5. The lowest BCUT2D eigenvalue weighted by molar-refractivity contribution is 0.0602. The number of nitrogens with one attached hydrogen (secondary N) is 1. The Kier molecular flexibility index (Phi) is 4.20. The first-order valence-corrected chi connectivity index (χ1v) is 6.35. The third-order valence-corrected chi connectivity index (χ3v) is 3.05. The van der Waals surface area contributed by atoms with E-state index in [0.29, 0.717) is 11.4 Å². The minimum Gasteiger partial charge on any atom is -0.465 e. The quantitative estimate of drug-likeness (QED) is 0.836. The van der Waals surface area contributed by atoms with Gasteiger partial charge in [-0.05, 0) is 24.1 Å². The maximum Gasteiger partial charge on any atom is 0.340 e. The number of aryl methyl sites for hydroxylation is 1. The molecule has 1 aromatic heterocycles. The van der Waals surface area contributed by atoms with Gasteiger partial charge in [0.1, 0.15) is 0 Å². The predicted molar refractivity (Wildman–Crippen MR) is 79.1 cm³/mol. The highest BCUT2D eigenvalue weighted by Gasteiger charge is 2.14. The molecular formula is C15H17N3O2. The molecule has 0 fully saturated rings. The zero-order chi connectivity index (χ0) is 14.5. The van der Waals surface area contributed by atoms with Crippen molar-refractivity contribution in [3.05, 3.63) is 47.7 Å². The lowest BCUT2D eigenvalue weighted by Crippen LogP contribution is -2.09. The van der Waals surface area contributed by atoms with E-state index in [2.05, 4.69) is 17.2 Å². The number of benzene rings is 1. The van der Waals surface area contributed by atoms with Crippen molar-refractivity contribution in [1.82, 2.24) is 4.98 Å². The molecule has 0 aliphatic carbocycles. The number of methoxy groups -OCH3 is 1. The summed E-state index contributed by atoms with van der Waals surface area (Å²) >= 11 is 0. The molecule has 0 amide bonds. The number of para-hydroxylation sites is 1. The van der Waals surface area contributed by atoms with Crippen molar-refractivity contribution in [2.75, 3.05) is 18.2 Å². The van der Waals surface area contributed by atoms with E-state index in [1.54, 1.807) is 0 Å². The largest absolute Gasteiger partial charge is 0.465 e. The second-order valence-electron chi connectivity index (χ2n) is 4.25. The predicted octanol–water partition coefficient (Wildman–Crippen LogP) is 2.76. The Morgan fingerprint density at radius 2 is 2.10 bits per heavy atom. The minimum atomic E-state index is -0.475. The fourth-order valence-corrected chi connectivity index (χ4v) is 1.94. The van der Waals surface area contributed by atoms with Crippen LogP contribution >= 0.6 is 0 Å². The summed E-state index contributed by atoms with van der Waals surface area (Å²) in [5.41, 5.74) is 8.64. The van der Waals surface area contributed by atoms with Gasteiger partial charge in [-0.1, -0.05) is 25.1 Å². The van der Waals surface area contributed by atoms with Crippen LogP contribution in [-0.4, -0.2) is 18.1 Å². The van der Waals surface area contributed by atoms with E-state index in [9.17, 15) is 4.79 Å². The maximum absolute atomic E-state index is 11.6. The number of carbonyl (C=O) groups is 1. The highest BCUT2D eigenvalue weighted by Crippen LogP contribution is 2.26. The molecule has 0 spiro atoms. The molecule has 0 atom stereocenters. The number of ether oxygens (including phenoxy) is 1. The molecular weight excluding hydrogens is 254 g/mol. The number of nitrogens with zero attached hydrogens (tertiary/aromatic N) is 1. The fourth-order valence-electron chi connectivity index (χ4n) is 1.94. The number of nitrogens with two attached hydrogens (primary N) is 1. The first-order valence-electron chi connectivity index (χ1n) is 6.35. The molecule has 0 saturated carbocycles. The number of anilines is 3. The highest BCUT2D eigenvalue weighted by molar-refractivity contribution is 5.97. The Morgan fingerprint density at radius 3 is 2.80 bits per heavy atom. The van der Waals surface area contributed by atoms with Gasteiger partial charge in [0.15, 0.2) is 5.82 Å². The summed E-state index contributed by atoms with van der Waals surface area (Å²) in [7, 11) is 1.32. The first kappa shape index (κ1) is 13.9. The number of aromatic nitrogens is 1. The number of carbonyl (C=O) groups excluding carboxylic acids is 1. The SMILES string of the molecule is CCc1ccccc1Nc1nccc(C(=O)OC)c1N. The Labute approximate surface area is 117 Å². The lowest BCUT2D eigenvalue weighted by atomic mass is 10.1. The van der Waals surface area contributed by atoms with E-state index < -0.39 is 5.97 Å². The van der Waals surface area contributed by atoms with Crippen LogP contribution in [0.3, 0.4) is 0 Å². The van der Waals surface area contributed by atoms with Gasteiger partial charge in [0.2, 0.25) is 0 Å². The van der Waals surface area contributed by atoms with Crippen molar-refractivity contribution in [1.29, 1.82) is 0 Å². The minimum absolute atomic E-state index is 0.283. The lowest BCUT2D eigenvalue weighted by Gasteiger charge is -2.13. The van der Waals surface area contributed by atoms with Gasteiger partial charge in [0.25, 0.3) is 0 Å². The summed E-state index contributed by atoms with van der Waals surface area (Å²) in [6.07, 6.45) is 2.42. The van der Waals surface area contributed by atoms with Crippen molar-refractivity contribution < 1.29 is 9.53 Å². The van der Waals surface area contributed by atoms with Crippen LogP contribution in [0.25, 0.3) is 0 Å². The second kappa shape index (κ2) is 6.06. The number of rotatable bonds is 4. The molecule has 1 heterocycles. The van der Waals surface area contributed by atoms with E-state index in [1.165, 1.54) is 19.4 Å². The van der Waals surface area contributed by atoms with Crippen LogP contribution in [-0.2, 0) is 11.2 Å². The third-order valence-electron chi connectivity index (χ3n) is 3.05. The number of esters is 1. The molecule has 0 saturated heterocycles. The van der Waals surface area contributed by atoms with Crippen LogP contribution in [0.4, 0.5) is 17.2 Å². The summed E-state index contributed by atoms with van der Waals surface area (Å²) in [6.45, 7) is 2.07. The fraction of sp³-hybridized carbons (Fsp3) is 0.200.